The monoisotopic (exact) mass is 365 g/mol. The Morgan fingerprint density at radius 2 is 2.25 bits per heavy atom. The highest BCUT2D eigenvalue weighted by Crippen LogP contribution is 2.27. The number of rotatable bonds is 3. The fraction of sp³-hybridized carbons (Fsp3) is 0.700. The summed E-state index contributed by atoms with van der Waals surface area (Å²) in [4.78, 5) is 0. The second-order valence-electron chi connectivity index (χ2n) is 4.62. The van der Waals surface area contributed by atoms with E-state index in [-0.39, 0.29) is 22.1 Å². The van der Waals surface area contributed by atoms with Gasteiger partial charge >= 0.3 is 0 Å². The SMILES string of the molecule is CCC1CN(S(=O)(=O)c2c(Br)nnn2C)CCC1=NO. The number of hydrogen-bond acceptors (Lipinski definition) is 6. The maximum atomic E-state index is 12.6. The zero-order valence-electron chi connectivity index (χ0n) is 11.2. The van der Waals surface area contributed by atoms with Gasteiger partial charge in [-0.2, -0.15) is 4.31 Å². The highest BCUT2D eigenvalue weighted by atomic mass is 79.9. The van der Waals surface area contributed by atoms with Crippen molar-refractivity contribution in [3.05, 3.63) is 4.60 Å². The molecule has 1 unspecified atom stereocenters. The molecule has 1 aliphatic heterocycles. The maximum absolute atomic E-state index is 12.6. The van der Waals surface area contributed by atoms with E-state index >= 15 is 0 Å². The largest absolute Gasteiger partial charge is 0.411 e. The Kier molecular flexibility index (Phi) is 4.45. The predicted molar refractivity (Wildman–Crippen MR) is 75.1 cm³/mol. The number of aromatic nitrogens is 3. The first-order chi connectivity index (χ1) is 9.41. The van der Waals surface area contributed by atoms with Crippen molar-refractivity contribution in [3.63, 3.8) is 0 Å². The first kappa shape index (κ1) is 15.4. The number of nitrogens with zero attached hydrogens (tertiary/aromatic N) is 5. The molecule has 112 valence electrons. The average Bonchev–Trinajstić information content (AvgIpc) is 2.77. The molecule has 0 saturated carbocycles. The average molecular weight is 366 g/mol. The van der Waals surface area contributed by atoms with Crippen molar-refractivity contribution in [2.75, 3.05) is 13.1 Å². The number of sulfonamides is 1. The van der Waals surface area contributed by atoms with Crippen molar-refractivity contribution in [3.8, 4) is 0 Å². The molecule has 1 N–H and O–H groups in total. The van der Waals surface area contributed by atoms with E-state index in [1.807, 2.05) is 6.92 Å². The smallest absolute Gasteiger partial charge is 0.263 e. The van der Waals surface area contributed by atoms with Gasteiger partial charge in [-0.3, -0.25) is 0 Å². The van der Waals surface area contributed by atoms with E-state index < -0.39 is 10.0 Å². The maximum Gasteiger partial charge on any atom is 0.263 e. The minimum absolute atomic E-state index is 0.0386. The van der Waals surface area contributed by atoms with Gasteiger partial charge in [0, 0.05) is 32.5 Å². The van der Waals surface area contributed by atoms with Crippen molar-refractivity contribution in [1.82, 2.24) is 19.3 Å². The van der Waals surface area contributed by atoms with E-state index in [2.05, 4.69) is 31.4 Å². The molecular weight excluding hydrogens is 350 g/mol. The number of hydrogen-bond donors (Lipinski definition) is 1. The number of aryl methyl sites for hydroxylation is 1. The summed E-state index contributed by atoms with van der Waals surface area (Å²) in [7, 11) is -2.13. The zero-order chi connectivity index (χ0) is 14.9. The lowest BCUT2D eigenvalue weighted by atomic mass is 9.95. The number of oxime groups is 1. The van der Waals surface area contributed by atoms with Crippen molar-refractivity contribution in [2.45, 2.75) is 24.8 Å². The molecule has 1 atom stereocenters. The summed E-state index contributed by atoms with van der Waals surface area (Å²) in [6.45, 7) is 2.53. The summed E-state index contributed by atoms with van der Waals surface area (Å²) < 4.78 is 28.1. The second-order valence-corrected chi connectivity index (χ2v) is 7.22. The van der Waals surface area contributed by atoms with E-state index in [9.17, 15) is 8.42 Å². The van der Waals surface area contributed by atoms with Crippen LogP contribution in [0.2, 0.25) is 0 Å². The molecule has 0 aromatic carbocycles. The van der Waals surface area contributed by atoms with E-state index in [1.54, 1.807) is 0 Å². The third-order valence-corrected chi connectivity index (χ3v) is 6.21. The summed E-state index contributed by atoms with van der Waals surface area (Å²) in [5, 5.41) is 19.7. The lowest BCUT2D eigenvalue weighted by Gasteiger charge is -2.31. The Hall–Kier alpha value is -1.00. The van der Waals surface area contributed by atoms with Crippen molar-refractivity contribution >= 4 is 31.7 Å². The summed E-state index contributed by atoms with van der Waals surface area (Å²) in [5.74, 6) is -0.0662. The molecule has 1 aromatic heterocycles. The topological polar surface area (TPSA) is 101 Å². The number of halogens is 1. The quantitative estimate of drug-likeness (QED) is 0.631. The lowest BCUT2D eigenvalue weighted by Crippen LogP contribution is -2.44. The minimum atomic E-state index is -3.67. The van der Waals surface area contributed by atoms with Crippen LogP contribution in [0.3, 0.4) is 0 Å². The molecule has 1 fully saturated rings. The van der Waals surface area contributed by atoms with Crippen LogP contribution >= 0.6 is 15.9 Å². The van der Waals surface area contributed by atoms with Crippen LogP contribution in [0.1, 0.15) is 19.8 Å². The van der Waals surface area contributed by atoms with Crippen LogP contribution in [0.4, 0.5) is 0 Å². The first-order valence-electron chi connectivity index (χ1n) is 6.18. The molecule has 10 heteroatoms. The third kappa shape index (κ3) is 2.59. The normalized spacial score (nSPS) is 23.4. The van der Waals surface area contributed by atoms with Gasteiger partial charge in [0.2, 0.25) is 5.03 Å². The van der Waals surface area contributed by atoms with Gasteiger partial charge in [0.1, 0.15) is 0 Å². The second kappa shape index (κ2) is 5.78. The van der Waals surface area contributed by atoms with Gasteiger partial charge < -0.3 is 5.21 Å². The van der Waals surface area contributed by atoms with E-state index in [1.165, 1.54) is 16.0 Å². The summed E-state index contributed by atoms with van der Waals surface area (Å²) in [5.41, 5.74) is 0.654. The molecule has 8 nitrogen and oxygen atoms in total. The molecular formula is C10H16BrN5O3S. The van der Waals surface area contributed by atoms with Crippen molar-refractivity contribution < 1.29 is 13.6 Å². The molecule has 2 rings (SSSR count). The van der Waals surface area contributed by atoms with Gasteiger partial charge in [-0.15, -0.1) is 5.10 Å². The van der Waals surface area contributed by atoms with Crippen molar-refractivity contribution in [2.24, 2.45) is 18.1 Å². The predicted octanol–water partition coefficient (Wildman–Crippen LogP) is 0.828. The minimum Gasteiger partial charge on any atom is -0.411 e. The van der Waals surface area contributed by atoms with E-state index in [0.29, 0.717) is 18.7 Å². The first-order valence-corrected chi connectivity index (χ1v) is 8.41. The van der Waals surface area contributed by atoms with Gasteiger partial charge in [-0.25, -0.2) is 13.1 Å². The molecule has 0 radical (unpaired) electrons. The van der Waals surface area contributed by atoms with Gasteiger partial charge in [0.15, 0.2) is 4.60 Å². The summed E-state index contributed by atoms with van der Waals surface area (Å²) >= 11 is 3.11. The van der Waals surface area contributed by atoms with Crippen LogP contribution in [0, 0.1) is 5.92 Å². The fourth-order valence-electron chi connectivity index (χ4n) is 2.32. The molecule has 0 bridgehead atoms. The van der Waals surface area contributed by atoms with Crippen LogP contribution in [0.25, 0.3) is 0 Å². The van der Waals surface area contributed by atoms with Crippen LogP contribution < -0.4 is 0 Å². The molecule has 0 aliphatic carbocycles. The van der Waals surface area contributed by atoms with Gasteiger partial charge in [0.05, 0.1) is 5.71 Å². The van der Waals surface area contributed by atoms with Crippen LogP contribution in [0.15, 0.2) is 14.8 Å². The molecule has 0 amide bonds. The molecule has 0 spiro atoms. The molecule has 1 saturated heterocycles. The highest BCUT2D eigenvalue weighted by molar-refractivity contribution is 9.10. The van der Waals surface area contributed by atoms with E-state index in [4.69, 9.17) is 5.21 Å². The molecule has 1 aromatic rings. The lowest BCUT2D eigenvalue weighted by molar-refractivity contribution is 0.295. The Bertz CT molecular complexity index is 607. The van der Waals surface area contributed by atoms with E-state index in [0.717, 1.165) is 6.42 Å². The molecule has 1 aliphatic rings. The van der Waals surface area contributed by atoms with Gasteiger partial charge in [-0.05, 0) is 22.4 Å². The Labute approximate surface area is 125 Å². The Morgan fingerprint density at radius 1 is 1.55 bits per heavy atom. The zero-order valence-corrected chi connectivity index (χ0v) is 13.6. The highest BCUT2D eigenvalue weighted by Gasteiger charge is 2.36. The van der Waals surface area contributed by atoms with Crippen LogP contribution in [-0.2, 0) is 17.1 Å². The molecule has 20 heavy (non-hydrogen) atoms. The third-order valence-electron chi connectivity index (χ3n) is 3.46. The number of piperidine rings is 1. The van der Waals surface area contributed by atoms with Crippen LogP contribution in [0.5, 0.6) is 0 Å². The molecule has 2 heterocycles. The van der Waals surface area contributed by atoms with Gasteiger partial charge in [0.25, 0.3) is 10.0 Å². The van der Waals surface area contributed by atoms with Crippen molar-refractivity contribution in [1.29, 1.82) is 0 Å². The summed E-state index contributed by atoms with van der Waals surface area (Å²) in [6.07, 6.45) is 1.15. The Balaban J connectivity index is 2.33. The standard InChI is InChI=1S/C10H16BrN5O3S/c1-3-7-6-16(5-4-8(7)13-17)20(18,19)10-9(11)12-14-15(10)2/h7,17H,3-6H2,1-2H3. The summed E-state index contributed by atoms with van der Waals surface area (Å²) in [6, 6.07) is 0. The fourth-order valence-corrected chi connectivity index (χ4v) is 4.84. The van der Waals surface area contributed by atoms with Gasteiger partial charge in [-0.1, -0.05) is 17.3 Å². The van der Waals surface area contributed by atoms with Crippen LogP contribution in [-0.4, -0.2) is 51.7 Å². The Morgan fingerprint density at radius 3 is 2.75 bits per heavy atom.